The van der Waals surface area contributed by atoms with E-state index in [2.05, 4.69) is 38.1 Å². The number of hydrogen-bond donors (Lipinski definition) is 2. The molecule has 0 aliphatic heterocycles. The molecule has 4 N–H and O–H groups in total. The van der Waals surface area contributed by atoms with Crippen LogP contribution in [0.5, 0.6) is 0 Å². The van der Waals surface area contributed by atoms with Crippen LogP contribution < -0.4 is 11.5 Å². The van der Waals surface area contributed by atoms with E-state index in [0.29, 0.717) is 5.92 Å². The zero-order chi connectivity index (χ0) is 12.7. The smallest absolute Gasteiger partial charge is 0.0315 e. The van der Waals surface area contributed by atoms with Gasteiger partial charge in [0.15, 0.2) is 0 Å². The molecule has 2 aromatic carbocycles. The van der Waals surface area contributed by atoms with Gasteiger partial charge in [0.05, 0.1) is 0 Å². The molecule has 0 spiro atoms. The minimum absolute atomic E-state index is 0.659. The fraction of sp³-hybridized carbons (Fsp3) is 0.200. The van der Waals surface area contributed by atoms with E-state index in [1.807, 2.05) is 6.07 Å². The van der Waals surface area contributed by atoms with E-state index in [9.17, 15) is 0 Å². The van der Waals surface area contributed by atoms with Gasteiger partial charge in [0.25, 0.3) is 0 Å². The molecule has 90 valence electrons. The summed E-state index contributed by atoms with van der Waals surface area (Å²) in [5.41, 5.74) is 13.7. The van der Waals surface area contributed by atoms with Crippen LogP contribution in [0.2, 0.25) is 0 Å². The summed E-state index contributed by atoms with van der Waals surface area (Å²) in [6.45, 7) is 4.41. The second kappa shape index (κ2) is 6.59. The average molecular weight is 228 g/mol. The van der Waals surface area contributed by atoms with Gasteiger partial charge < -0.3 is 11.5 Å². The first kappa shape index (κ1) is 13.1. The van der Waals surface area contributed by atoms with Gasteiger partial charge in [-0.05, 0) is 35.7 Å². The van der Waals surface area contributed by atoms with E-state index in [-0.39, 0.29) is 0 Å². The van der Waals surface area contributed by atoms with Crippen molar-refractivity contribution in [1.29, 1.82) is 0 Å². The van der Waals surface area contributed by atoms with Crippen molar-refractivity contribution in [2.45, 2.75) is 19.8 Å². The van der Waals surface area contributed by atoms with Crippen LogP contribution in [-0.4, -0.2) is 0 Å². The van der Waals surface area contributed by atoms with Crippen LogP contribution in [-0.2, 0) is 0 Å². The largest absolute Gasteiger partial charge is 0.399 e. The fourth-order valence-corrected chi connectivity index (χ4v) is 1.33. The molecule has 2 nitrogen and oxygen atoms in total. The molecule has 0 fully saturated rings. The zero-order valence-electron chi connectivity index (χ0n) is 10.4. The second-order valence-corrected chi connectivity index (χ2v) is 4.23. The summed E-state index contributed by atoms with van der Waals surface area (Å²) < 4.78 is 0. The highest BCUT2D eigenvalue weighted by molar-refractivity contribution is 5.47. The minimum atomic E-state index is 0.659. The van der Waals surface area contributed by atoms with Crippen LogP contribution in [0.25, 0.3) is 0 Å². The highest BCUT2D eigenvalue weighted by Crippen LogP contribution is 2.11. The second-order valence-electron chi connectivity index (χ2n) is 4.23. The Kier molecular flexibility index (Phi) is 5.08. The number of nitrogens with two attached hydrogens (primary N) is 2. The number of rotatable bonds is 1. The lowest BCUT2D eigenvalue weighted by Crippen LogP contribution is -1.86. The van der Waals surface area contributed by atoms with Gasteiger partial charge in [0, 0.05) is 11.4 Å². The Labute approximate surface area is 103 Å². The molecule has 0 aliphatic rings. The molecule has 2 rings (SSSR count). The Morgan fingerprint density at radius 1 is 0.706 bits per heavy atom. The number of benzene rings is 2. The molecular weight excluding hydrogens is 208 g/mol. The Bertz CT molecular complexity index is 397. The first-order chi connectivity index (χ1) is 8.09. The van der Waals surface area contributed by atoms with E-state index in [4.69, 9.17) is 11.5 Å². The van der Waals surface area contributed by atoms with Gasteiger partial charge in [0.1, 0.15) is 0 Å². The van der Waals surface area contributed by atoms with Gasteiger partial charge in [-0.2, -0.15) is 0 Å². The van der Waals surface area contributed by atoms with Crippen molar-refractivity contribution in [2.75, 3.05) is 11.5 Å². The first-order valence-electron chi connectivity index (χ1n) is 5.75. The van der Waals surface area contributed by atoms with Crippen molar-refractivity contribution in [2.24, 2.45) is 0 Å². The Balaban J connectivity index is 0.000000171. The molecule has 0 amide bonds. The molecular formula is C15H20N2. The predicted molar refractivity (Wildman–Crippen MR) is 75.8 cm³/mol. The third-order valence-corrected chi connectivity index (χ3v) is 2.40. The van der Waals surface area contributed by atoms with Crippen LogP contribution in [0.4, 0.5) is 11.4 Å². The zero-order valence-corrected chi connectivity index (χ0v) is 10.4. The molecule has 0 unspecified atom stereocenters. The molecule has 0 radical (unpaired) electrons. The van der Waals surface area contributed by atoms with Gasteiger partial charge in [0.2, 0.25) is 0 Å². The van der Waals surface area contributed by atoms with E-state index in [0.717, 1.165) is 11.4 Å². The molecule has 0 aliphatic carbocycles. The summed E-state index contributed by atoms with van der Waals surface area (Å²) >= 11 is 0. The van der Waals surface area contributed by atoms with Gasteiger partial charge in [-0.25, -0.2) is 0 Å². The maximum absolute atomic E-state index is 5.37. The molecule has 2 aromatic rings. The molecule has 17 heavy (non-hydrogen) atoms. The van der Waals surface area contributed by atoms with Crippen LogP contribution in [0.15, 0.2) is 54.6 Å². The molecule has 0 saturated heterocycles. The molecule has 0 heterocycles. The molecule has 0 saturated carbocycles. The van der Waals surface area contributed by atoms with E-state index in [1.165, 1.54) is 5.56 Å². The van der Waals surface area contributed by atoms with Crippen molar-refractivity contribution in [3.8, 4) is 0 Å². The van der Waals surface area contributed by atoms with E-state index in [1.54, 1.807) is 24.3 Å². The average Bonchev–Trinajstić information content (AvgIpc) is 2.35. The standard InChI is InChI=1S/C9H12.C6H8N2/c1-8(2)9-6-4-3-5-7-9;7-5-1-2-6(8)4-3-5/h3-8H,1-2H3;1-4H,7-8H2. The number of anilines is 2. The Morgan fingerprint density at radius 2 is 1.12 bits per heavy atom. The van der Waals surface area contributed by atoms with Crippen molar-refractivity contribution >= 4 is 11.4 Å². The summed E-state index contributed by atoms with van der Waals surface area (Å²) in [4.78, 5) is 0. The quantitative estimate of drug-likeness (QED) is 0.732. The minimum Gasteiger partial charge on any atom is -0.399 e. The van der Waals surface area contributed by atoms with E-state index < -0.39 is 0 Å². The fourth-order valence-electron chi connectivity index (χ4n) is 1.33. The topological polar surface area (TPSA) is 52.0 Å². The Morgan fingerprint density at radius 3 is 1.41 bits per heavy atom. The molecule has 0 atom stereocenters. The van der Waals surface area contributed by atoms with Gasteiger partial charge in [-0.3, -0.25) is 0 Å². The molecule has 0 aromatic heterocycles. The van der Waals surface area contributed by atoms with E-state index >= 15 is 0 Å². The Hall–Kier alpha value is -1.96. The van der Waals surface area contributed by atoms with Crippen molar-refractivity contribution in [3.63, 3.8) is 0 Å². The summed E-state index contributed by atoms with van der Waals surface area (Å²) in [7, 11) is 0. The lowest BCUT2D eigenvalue weighted by atomic mass is 10.0. The molecule has 2 heteroatoms. The van der Waals surface area contributed by atoms with Gasteiger partial charge >= 0.3 is 0 Å². The monoisotopic (exact) mass is 228 g/mol. The maximum Gasteiger partial charge on any atom is 0.0315 e. The molecule has 0 bridgehead atoms. The van der Waals surface area contributed by atoms with Gasteiger partial charge in [-0.15, -0.1) is 0 Å². The number of hydrogen-bond acceptors (Lipinski definition) is 2. The third-order valence-electron chi connectivity index (χ3n) is 2.40. The summed E-state index contributed by atoms with van der Waals surface area (Å²) in [5, 5.41) is 0. The summed E-state index contributed by atoms with van der Waals surface area (Å²) in [5.74, 6) is 0.659. The first-order valence-corrected chi connectivity index (χ1v) is 5.75. The highest BCUT2D eigenvalue weighted by Gasteiger charge is 1.93. The summed E-state index contributed by atoms with van der Waals surface area (Å²) in [6, 6.07) is 17.6. The van der Waals surface area contributed by atoms with Crippen molar-refractivity contribution in [3.05, 3.63) is 60.2 Å². The van der Waals surface area contributed by atoms with Crippen LogP contribution in [0.1, 0.15) is 25.3 Å². The van der Waals surface area contributed by atoms with Crippen molar-refractivity contribution < 1.29 is 0 Å². The lowest BCUT2D eigenvalue weighted by Gasteiger charge is -2.01. The summed E-state index contributed by atoms with van der Waals surface area (Å²) in [6.07, 6.45) is 0. The third kappa shape index (κ3) is 5.07. The maximum atomic E-state index is 5.37. The van der Waals surface area contributed by atoms with Crippen molar-refractivity contribution in [1.82, 2.24) is 0 Å². The van der Waals surface area contributed by atoms with Crippen LogP contribution in [0.3, 0.4) is 0 Å². The van der Waals surface area contributed by atoms with Gasteiger partial charge in [-0.1, -0.05) is 44.2 Å². The SMILES string of the molecule is CC(C)c1ccccc1.Nc1ccc(N)cc1. The highest BCUT2D eigenvalue weighted by atomic mass is 14.6. The normalized spacial score (nSPS) is 9.59. The van der Waals surface area contributed by atoms with Crippen LogP contribution >= 0.6 is 0 Å². The lowest BCUT2D eigenvalue weighted by molar-refractivity contribution is 0.867. The van der Waals surface area contributed by atoms with Crippen LogP contribution in [0, 0.1) is 0 Å². The predicted octanol–water partition coefficient (Wildman–Crippen LogP) is 3.66. The number of nitrogen functional groups attached to an aromatic ring is 2.